The van der Waals surface area contributed by atoms with Crippen LogP contribution in [0, 0.1) is 22.7 Å². The molecule has 11 heteroatoms. The number of primary amides is 1. The van der Waals surface area contributed by atoms with Gasteiger partial charge in [0.15, 0.2) is 11.0 Å². The number of thiophene rings is 1. The first-order chi connectivity index (χ1) is 13.6. The van der Waals surface area contributed by atoms with E-state index in [1.54, 1.807) is 4.57 Å². The van der Waals surface area contributed by atoms with Crippen LogP contribution < -0.4 is 5.73 Å². The van der Waals surface area contributed by atoms with Crippen molar-refractivity contribution < 1.29 is 9.59 Å². The van der Waals surface area contributed by atoms with Crippen molar-refractivity contribution in [1.29, 1.82) is 10.5 Å². The average molecular weight is 418 g/mol. The highest BCUT2D eigenvalue weighted by molar-refractivity contribution is 7.99. The van der Waals surface area contributed by atoms with E-state index >= 15 is 0 Å². The van der Waals surface area contributed by atoms with Crippen LogP contribution in [0.4, 0.5) is 0 Å². The number of carbonyl (C=O) groups is 2. The maximum atomic E-state index is 12.5. The molecular formula is C17H19N7O2S2. The molecule has 2 amide bonds. The largest absolute Gasteiger partial charge is 0.370 e. The van der Waals surface area contributed by atoms with Crippen LogP contribution in [0.2, 0.25) is 0 Å². The second-order valence-corrected chi connectivity index (χ2v) is 7.53. The summed E-state index contributed by atoms with van der Waals surface area (Å²) < 4.78 is 1.78. The topological polar surface area (TPSA) is 142 Å². The Hall–Kier alpha value is -2.89. The lowest BCUT2D eigenvalue weighted by molar-refractivity contribution is -0.128. The van der Waals surface area contributed by atoms with E-state index in [1.807, 2.05) is 29.7 Å². The van der Waals surface area contributed by atoms with Crippen LogP contribution in [-0.4, -0.2) is 50.3 Å². The van der Waals surface area contributed by atoms with E-state index in [-0.39, 0.29) is 44.0 Å². The summed E-state index contributed by atoms with van der Waals surface area (Å²) in [5, 5.41) is 28.3. The lowest BCUT2D eigenvalue weighted by Gasteiger charge is -2.20. The van der Waals surface area contributed by atoms with Crippen LogP contribution in [0.1, 0.15) is 19.3 Å². The summed E-state index contributed by atoms with van der Waals surface area (Å²) in [6.07, 6.45) is 0.548. The molecule has 0 bridgehead atoms. The molecule has 0 spiro atoms. The highest BCUT2D eigenvalue weighted by atomic mass is 32.2. The van der Waals surface area contributed by atoms with Crippen LogP contribution in [0.15, 0.2) is 22.7 Å². The average Bonchev–Trinajstić information content (AvgIpc) is 3.33. The molecule has 0 saturated carbocycles. The Morgan fingerprint density at radius 3 is 2.54 bits per heavy atom. The smallest absolute Gasteiger partial charge is 0.233 e. The first-order valence-electron chi connectivity index (χ1n) is 8.46. The summed E-state index contributed by atoms with van der Waals surface area (Å²) in [5.74, 6) is 0.0994. The number of nitrogens with zero attached hydrogens (tertiary/aromatic N) is 6. The van der Waals surface area contributed by atoms with Gasteiger partial charge in [0.05, 0.1) is 35.6 Å². The van der Waals surface area contributed by atoms with Gasteiger partial charge in [0.1, 0.15) is 0 Å². The molecule has 0 aliphatic carbocycles. The molecule has 0 unspecified atom stereocenters. The number of hydrogen-bond acceptors (Lipinski definition) is 8. The van der Waals surface area contributed by atoms with Crippen LogP contribution >= 0.6 is 23.1 Å². The Morgan fingerprint density at radius 1 is 1.25 bits per heavy atom. The first kappa shape index (κ1) is 21.4. The minimum Gasteiger partial charge on any atom is -0.370 e. The molecule has 0 fully saturated rings. The van der Waals surface area contributed by atoms with Gasteiger partial charge in [-0.3, -0.25) is 9.59 Å². The van der Waals surface area contributed by atoms with Crippen molar-refractivity contribution >= 4 is 34.9 Å². The van der Waals surface area contributed by atoms with Crippen molar-refractivity contribution in [3.63, 3.8) is 0 Å². The van der Waals surface area contributed by atoms with Gasteiger partial charge in [-0.1, -0.05) is 17.8 Å². The number of rotatable bonds is 11. The molecule has 9 nitrogen and oxygen atoms in total. The van der Waals surface area contributed by atoms with Gasteiger partial charge in [-0.25, -0.2) is 0 Å². The fourth-order valence-corrected chi connectivity index (χ4v) is 3.94. The van der Waals surface area contributed by atoms with Crippen molar-refractivity contribution in [1.82, 2.24) is 19.7 Å². The molecule has 0 saturated heterocycles. The van der Waals surface area contributed by atoms with Gasteiger partial charge >= 0.3 is 0 Å². The van der Waals surface area contributed by atoms with Gasteiger partial charge < -0.3 is 15.2 Å². The van der Waals surface area contributed by atoms with Crippen LogP contribution in [-0.2, 0) is 16.1 Å². The predicted octanol–water partition coefficient (Wildman–Crippen LogP) is 1.63. The van der Waals surface area contributed by atoms with Crippen LogP contribution in [0.5, 0.6) is 0 Å². The zero-order valence-electron chi connectivity index (χ0n) is 15.1. The van der Waals surface area contributed by atoms with Crippen molar-refractivity contribution in [2.75, 3.05) is 18.8 Å². The number of nitrogens with two attached hydrogens (primary N) is 1. The van der Waals surface area contributed by atoms with Crippen molar-refractivity contribution in [2.24, 2.45) is 5.73 Å². The Bertz CT molecular complexity index is 862. The van der Waals surface area contributed by atoms with Gasteiger partial charge in [0.25, 0.3) is 0 Å². The minimum absolute atomic E-state index is 0.0933. The summed E-state index contributed by atoms with van der Waals surface area (Å²) in [7, 11) is 0. The monoisotopic (exact) mass is 417 g/mol. The number of aromatic nitrogens is 3. The normalized spacial score (nSPS) is 10.2. The molecule has 146 valence electrons. The van der Waals surface area contributed by atoms with E-state index in [1.165, 1.54) is 28.0 Å². The predicted molar refractivity (Wildman–Crippen MR) is 105 cm³/mol. The number of amides is 2. The third kappa shape index (κ3) is 6.08. The molecule has 0 radical (unpaired) electrons. The fraction of sp³-hybridized carbons (Fsp3) is 0.412. The second-order valence-electron chi connectivity index (χ2n) is 5.64. The Balaban J connectivity index is 2.11. The van der Waals surface area contributed by atoms with Gasteiger partial charge in [-0.15, -0.1) is 21.5 Å². The highest BCUT2D eigenvalue weighted by Gasteiger charge is 2.19. The molecule has 2 N–H and O–H groups in total. The molecule has 0 atom stereocenters. The lowest BCUT2D eigenvalue weighted by Crippen LogP contribution is -2.34. The zero-order valence-corrected chi connectivity index (χ0v) is 16.7. The quantitative estimate of drug-likeness (QED) is 0.547. The SMILES string of the molecule is N#CCCN(CCC#N)C(=O)CSc1nnc(-c2cccs2)n1CCC(N)=O. The van der Waals surface area contributed by atoms with Gasteiger partial charge in [0.2, 0.25) is 11.8 Å². The number of nitriles is 2. The summed E-state index contributed by atoms with van der Waals surface area (Å²) in [6.45, 7) is 0.886. The van der Waals surface area contributed by atoms with E-state index in [4.69, 9.17) is 16.3 Å². The molecule has 0 aliphatic heterocycles. The van der Waals surface area contributed by atoms with E-state index < -0.39 is 5.91 Å². The third-order valence-corrected chi connectivity index (χ3v) is 5.52. The minimum atomic E-state index is -0.433. The molecular weight excluding hydrogens is 398 g/mol. The molecule has 2 aromatic rings. The van der Waals surface area contributed by atoms with Crippen molar-refractivity contribution in [3.8, 4) is 22.8 Å². The highest BCUT2D eigenvalue weighted by Crippen LogP contribution is 2.27. The molecule has 28 heavy (non-hydrogen) atoms. The van der Waals surface area contributed by atoms with E-state index in [9.17, 15) is 9.59 Å². The molecule has 0 aliphatic rings. The first-order valence-corrected chi connectivity index (χ1v) is 10.3. The van der Waals surface area contributed by atoms with Gasteiger partial charge in [-0.05, 0) is 11.4 Å². The second kappa shape index (κ2) is 11.1. The summed E-state index contributed by atoms with van der Waals surface area (Å²) in [5.41, 5.74) is 5.27. The number of thioether (sulfide) groups is 1. The van der Waals surface area contributed by atoms with E-state index in [0.717, 1.165) is 4.88 Å². The standard InChI is InChI=1S/C17H19N7O2S2/c18-6-2-8-23(9-3-7-19)15(26)12-28-17-22-21-16(13-4-1-11-27-13)24(17)10-5-14(20)25/h1,4,11H,2-3,5,8-10,12H2,(H2,20,25). The number of carbonyl (C=O) groups excluding carboxylic acids is 2. The lowest BCUT2D eigenvalue weighted by atomic mass is 10.3. The van der Waals surface area contributed by atoms with E-state index in [0.29, 0.717) is 17.5 Å². The number of hydrogen-bond donors (Lipinski definition) is 1. The fourth-order valence-electron chi connectivity index (χ4n) is 2.36. The molecule has 2 heterocycles. The summed E-state index contributed by atoms with van der Waals surface area (Å²) >= 11 is 2.71. The zero-order chi connectivity index (χ0) is 20.4. The van der Waals surface area contributed by atoms with Crippen molar-refractivity contribution in [2.45, 2.75) is 31.0 Å². The summed E-state index contributed by atoms with van der Waals surface area (Å²) in [6, 6.07) is 7.81. The van der Waals surface area contributed by atoms with Crippen molar-refractivity contribution in [3.05, 3.63) is 17.5 Å². The molecule has 2 rings (SSSR count). The Morgan fingerprint density at radius 2 is 1.96 bits per heavy atom. The van der Waals surface area contributed by atoms with Crippen LogP contribution in [0.25, 0.3) is 10.7 Å². The van der Waals surface area contributed by atoms with Crippen LogP contribution in [0.3, 0.4) is 0 Å². The maximum Gasteiger partial charge on any atom is 0.233 e. The van der Waals surface area contributed by atoms with Gasteiger partial charge in [-0.2, -0.15) is 10.5 Å². The Kier molecular flexibility index (Phi) is 8.46. The maximum absolute atomic E-state index is 12.5. The van der Waals surface area contributed by atoms with Gasteiger partial charge in [0, 0.05) is 26.1 Å². The molecule has 2 aromatic heterocycles. The Labute approximate surface area is 170 Å². The van der Waals surface area contributed by atoms with E-state index in [2.05, 4.69) is 10.2 Å². The third-order valence-electron chi connectivity index (χ3n) is 3.70. The summed E-state index contributed by atoms with van der Waals surface area (Å²) in [4.78, 5) is 26.1. The molecule has 0 aromatic carbocycles.